The fourth-order valence-electron chi connectivity index (χ4n) is 4.32. The van der Waals surface area contributed by atoms with Crippen molar-refractivity contribution in [2.24, 2.45) is 0 Å². The number of halogens is 4. The molecule has 1 aromatic heterocycles. The van der Waals surface area contributed by atoms with Crippen LogP contribution in [0.4, 0.5) is 13.2 Å². The van der Waals surface area contributed by atoms with Crippen LogP contribution in [0.15, 0.2) is 36.5 Å². The Morgan fingerprint density at radius 3 is 2.37 bits per heavy atom. The lowest BCUT2D eigenvalue weighted by Gasteiger charge is -2.36. The molecule has 160 valence electrons. The Morgan fingerprint density at radius 1 is 1.03 bits per heavy atom. The van der Waals surface area contributed by atoms with E-state index in [-0.39, 0.29) is 16.6 Å². The normalized spacial score (nSPS) is 18.7. The van der Waals surface area contributed by atoms with Crippen LogP contribution in [0.5, 0.6) is 0 Å². The summed E-state index contributed by atoms with van der Waals surface area (Å²) in [6.45, 7) is 3.60. The maximum Gasteiger partial charge on any atom is 0.416 e. The monoisotopic (exact) mass is 437 g/mol. The van der Waals surface area contributed by atoms with Crippen LogP contribution in [-0.4, -0.2) is 52.9 Å². The summed E-state index contributed by atoms with van der Waals surface area (Å²) in [6.07, 6.45) is 1.35. The maximum atomic E-state index is 13.0. The number of hydrogen-bond acceptors (Lipinski definition) is 3. The minimum atomic E-state index is -4.43. The zero-order valence-electron chi connectivity index (χ0n) is 16.5. The molecule has 2 saturated heterocycles. The van der Waals surface area contributed by atoms with Crippen molar-refractivity contribution in [3.63, 3.8) is 0 Å². The number of alkyl halides is 3. The molecule has 2 aliphatic heterocycles. The smallest absolute Gasteiger partial charge is 0.337 e. The molecule has 0 aliphatic carbocycles. The number of benzene rings is 1. The molecule has 3 heterocycles. The molecule has 0 radical (unpaired) electrons. The van der Waals surface area contributed by atoms with Gasteiger partial charge in [0.25, 0.3) is 5.91 Å². The zero-order chi connectivity index (χ0) is 21.3. The van der Waals surface area contributed by atoms with Gasteiger partial charge < -0.3 is 9.80 Å². The minimum Gasteiger partial charge on any atom is -0.337 e. The van der Waals surface area contributed by atoms with Crippen molar-refractivity contribution in [2.45, 2.75) is 37.9 Å². The third kappa shape index (κ3) is 4.47. The fourth-order valence-corrected chi connectivity index (χ4v) is 4.57. The highest BCUT2D eigenvalue weighted by atomic mass is 35.5. The van der Waals surface area contributed by atoms with E-state index in [1.807, 2.05) is 0 Å². The molecule has 0 saturated carbocycles. The van der Waals surface area contributed by atoms with Gasteiger partial charge in [0.2, 0.25) is 0 Å². The topological polar surface area (TPSA) is 36.4 Å². The Balaban J connectivity index is 1.46. The third-order valence-corrected chi connectivity index (χ3v) is 6.26. The van der Waals surface area contributed by atoms with Gasteiger partial charge in [0.1, 0.15) is 5.69 Å². The van der Waals surface area contributed by atoms with E-state index in [4.69, 9.17) is 11.6 Å². The number of hydrogen-bond donors (Lipinski definition) is 0. The summed E-state index contributed by atoms with van der Waals surface area (Å²) in [5.74, 6) is -0.226. The Bertz CT molecular complexity index is 920. The van der Waals surface area contributed by atoms with Crippen molar-refractivity contribution in [2.75, 3.05) is 26.2 Å². The predicted octanol–water partition coefficient (Wildman–Crippen LogP) is 5.12. The lowest BCUT2D eigenvalue weighted by atomic mass is 10.0. The quantitative estimate of drug-likeness (QED) is 0.668. The second kappa shape index (κ2) is 8.55. The van der Waals surface area contributed by atoms with Crippen molar-refractivity contribution in [1.82, 2.24) is 14.8 Å². The van der Waals surface area contributed by atoms with Gasteiger partial charge in [0.15, 0.2) is 0 Å². The van der Waals surface area contributed by atoms with Gasteiger partial charge in [-0.25, -0.2) is 4.98 Å². The standard InChI is InChI=1S/C22H23ClF3N3O/c23-19-13-16(15-4-3-5-17(12-15)22(24,25)26)14-27-20(19)21(30)29-10-6-18(7-11-29)28-8-1-2-9-28/h3-5,12-14,18H,1-2,6-11H2. The Labute approximate surface area is 178 Å². The van der Waals surface area contributed by atoms with Gasteiger partial charge >= 0.3 is 6.18 Å². The van der Waals surface area contributed by atoms with Crippen LogP contribution in [-0.2, 0) is 6.18 Å². The number of carbonyl (C=O) groups excluding carboxylic acids is 1. The van der Waals surface area contributed by atoms with E-state index in [1.54, 1.807) is 11.0 Å². The summed E-state index contributed by atoms with van der Waals surface area (Å²) in [6, 6.07) is 7.01. The Hall–Kier alpha value is -2.12. The summed E-state index contributed by atoms with van der Waals surface area (Å²) in [5, 5.41) is 0.150. The van der Waals surface area contributed by atoms with Crippen LogP contribution in [0, 0.1) is 0 Å². The van der Waals surface area contributed by atoms with Crippen molar-refractivity contribution in [1.29, 1.82) is 0 Å². The number of carbonyl (C=O) groups is 1. The summed E-state index contributed by atoms with van der Waals surface area (Å²) in [7, 11) is 0. The van der Waals surface area contributed by atoms with E-state index in [9.17, 15) is 18.0 Å². The van der Waals surface area contributed by atoms with Gasteiger partial charge in [-0.05, 0) is 62.5 Å². The van der Waals surface area contributed by atoms with Crippen molar-refractivity contribution >= 4 is 17.5 Å². The molecule has 30 heavy (non-hydrogen) atoms. The van der Waals surface area contributed by atoms with Gasteiger partial charge in [0.05, 0.1) is 10.6 Å². The zero-order valence-corrected chi connectivity index (χ0v) is 17.2. The molecule has 2 aliphatic rings. The maximum absolute atomic E-state index is 13.0. The van der Waals surface area contributed by atoms with Crippen LogP contribution >= 0.6 is 11.6 Å². The number of aromatic nitrogens is 1. The number of nitrogens with zero attached hydrogens (tertiary/aromatic N) is 3. The number of pyridine rings is 1. The van der Waals surface area contributed by atoms with Gasteiger partial charge in [-0.1, -0.05) is 23.7 Å². The van der Waals surface area contributed by atoms with E-state index in [2.05, 4.69) is 9.88 Å². The first-order valence-electron chi connectivity index (χ1n) is 10.2. The molecule has 2 aromatic rings. The van der Waals surface area contributed by atoms with E-state index in [1.165, 1.54) is 31.2 Å². The predicted molar refractivity (Wildman–Crippen MR) is 109 cm³/mol. The van der Waals surface area contributed by atoms with Gasteiger partial charge in [-0.15, -0.1) is 0 Å². The third-order valence-electron chi connectivity index (χ3n) is 5.98. The summed E-state index contributed by atoms with van der Waals surface area (Å²) < 4.78 is 38.9. The van der Waals surface area contributed by atoms with E-state index in [0.717, 1.165) is 38.1 Å². The highest BCUT2D eigenvalue weighted by Gasteiger charge is 2.31. The largest absolute Gasteiger partial charge is 0.416 e. The molecule has 2 fully saturated rings. The average Bonchev–Trinajstić information content (AvgIpc) is 3.28. The summed E-state index contributed by atoms with van der Waals surface area (Å²) in [4.78, 5) is 21.4. The first kappa shape index (κ1) is 21.1. The van der Waals surface area contributed by atoms with Gasteiger partial charge in [-0.3, -0.25) is 4.79 Å². The number of rotatable bonds is 3. The fraction of sp³-hybridized carbons (Fsp3) is 0.455. The number of piperidine rings is 1. The summed E-state index contributed by atoms with van der Waals surface area (Å²) >= 11 is 6.31. The average molecular weight is 438 g/mol. The van der Waals surface area contributed by atoms with E-state index < -0.39 is 11.7 Å². The molecule has 4 rings (SSSR count). The molecule has 0 atom stereocenters. The lowest BCUT2D eigenvalue weighted by molar-refractivity contribution is -0.137. The van der Waals surface area contributed by atoms with E-state index >= 15 is 0 Å². The first-order valence-corrected chi connectivity index (χ1v) is 10.6. The highest BCUT2D eigenvalue weighted by Crippen LogP contribution is 2.33. The second-order valence-electron chi connectivity index (χ2n) is 7.90. The van der Waals surface area contributed by atoms with Crippen LogP contribution in [0.3, 0.4) is 0 Å². The van der Waals surface area contributed by atoms with Crippen LogP contribution in [0.1, 0.15) is 41.7 Å². The molecule has 0 N–H and O–H groups in total. The van der Waals surface area contributed by atoms with Crippen LogP contribution in [0.2, 0.25) is 5.02 Å². The molecular weight excluding hydrogens is 415 g/mol. The van der Waals surface area contributed by atoms with Gasteiger partial charge in [0, 0.05) is 30.9 Å². The van der Waals surface area contributed by atoms with Gasteiger partial charge in [-0.2, -0.15) is 13.2 Å². The molecule has 8 heteroatoms. The van der Waals surface area contributed by atoms with E-state index in [0.29, 0.717) is 30.3 Å². The Kier molecular flexibility index (Phi) is 6.02. The molecule has 0 unspecified atom stereocenters. The molecule has 1 amide bonds. The number of amides is 1. The van der Waals surface area contributed by atoms with Crippen LogP contribution < -0.4 is 0 Å². The Morgan fingerprint density at radius 2 is 1.73 bits per heavy atom. The highest BCUT2D eigenvalue weighted by molar-refractivity contribution is 6.33. The first-order chi connectivity index (χ1) is 14.3. The van der Waals surface area contributed by atoms with Crippen LogP contribution in [0.25, 0.3) is 11.1 Å². The second-order valence-corrected chi connectivity index (χ2v) is 8.31. The molecule has 0 bridgehead atoms. The lowest BCUT2D eigenvalue weighted by Crippen LogP contribution is -2.46. The van der Waals surface area contributed by atoms with Crippen molar-refractivity contribution < 1.29 is 18.0 Å². The molecule has 0 spiro atoms. The molecule has 4 nitrogen and oxygen atoms in total. The summed E-state index contributed by atoms with van der Waals surface area (Å²) in [5.41, 5.74) is 0.198. The molecule has 1 aromatic carbocycles. The minimum absolute atomic E-state index is 0.145. The molecular formula is C22H23ClF3N3O. The SMILES string of the molecule is O=C(c1ncc(-c2cccc(C(F)(F)F)c2)cc1Cl)N1CCC(N2CCCC2)CC1. The number of likely N-dealkylation sites (tertiary alicyclic amines) is 2. The van der Waals surface area contributed by atoms with Crippen molar-refractivity contribution in [3.8, 4) is 11.1 Å². The van der Waals surface area contributed by atoms with Crippen molar-refractivity contribution in [3.05, 3.63) is 52.8 Å².